The van der Waals surface area contributed by atoms with Gasteiger partial charge in [0, 0.05) is 36.3 Å². The second-order valence-corrected chi connectivity index (χ2v) is 8.04. The number of hydrogen-bond donors (Lipinski definition) is 1. The largest absolute Gasteiger partial charge is 0.473 e. The smallest absolute Gasteiger partial charge is 0.213 e. The van der Waals surface area contributed by atoms with Crippen LogP contribution in [0.15, 0.2) is 42.6 Å². The number of ether oxygens (including phenoxy) is 2. The van der Waals surface area contributed by atoms with E-state index in [1.54, 1.807) is 0 Å². The normalized spacial score (nSPS) is 18.9. The van der Waals surface area contributed by atoms with Crippen molar-refractivity contribution in [1.29, 1.82) is 0 Å². The molecule has 0 bridgehead atoms. The van der Waals surface area contributed by atoms with Gasteiger partial charge in [-0.15, -0.1) is 0 Å². The number of benzene rings is 1. The molecule has 0 unspecified atom stereocenters. The van der Waals surface area contributed by atoms with Gasteiger partial charge in [-0.1, -0.05) is 18.2 Å². The third-order valence-corrected chi connectivity index (χ3v) is 6.09. The third-order valence-electron chi connectivity index (χ3n) is 6.09. The zero-order valence-corrected chi connectivity index (χ0v) is 16.7. The van der Waals surface area contributed by atoms with Gasteiger partial charge >= 0.3 is 0 Å². The van der Waals surface area contributed by atoms with E-state index in [0.717, 1.165) is 63.2 Å². The first-order valence-electron chi connectivity index (χ1n) is 10.7. The van der Waals surface area contributed by atoms with Gasteiger partial charge < -0.3 is 14.8 Å². The lowest BCUT2D eigenvalue weighted by atomic mass is 9.94. The van der Waals surface area contributed by atoms with Gasteiger partial charge in [0.05, 0.1) is 17.8 Å². The molecule has 4 heterocycles. The Hall–Kier alpha value is -2.44. The lowest BCUT2D eigenvalue weighted by molar-refractivity contribution is 0.0675. The minimum atomic E-state index is 0.417. The first-order chi connectivity index (χ1) is 14.4. The molecule has 6 heteroatoms. The molecule has 0 spiro atoms. The number of aromatic nitrogens is 3. The highest BCUT2D eigenvalue weighted by Gasteiger charge is 2.19. The van der Waals surface area contributed by atoms with Crippen LogP contribution in [-0.2, 0) is 11.3 Å². The molecule has 5 rings (SSSR count). The molecule has 0 amide bonds. The Morgan fingerprint density at radius 1 is 1.07 bits per heavy atom. The Labute approximate surface area is 171 Å². The van der Waals surface area contributed by atoms with E-state index in [1.807, 2.05) is 12.3 Å². The molecule has 1 N–H and O–H groups in total. The summed E-state index contributed by atoms with van der Waals surface area (Å²) in [5, 5.41) is 9.23. The predicted molar refractivity (Wildman–Crippen MR) is 112 cm³/mol. The van der Waals surface area contributed by atoms with Crippen LogP contribution < -0.4 is 10.1 Å². The quantitative estimate of drug-likeness (QED) is 0.715. The summed E-state index contributed by atoms with van der Waals surface area (Å²) in [5.74, 6) is 1.24. The van der Waals surface area contributed by atoms with Crippen molar-refractivity contribution in [2.75, 3.05) is 26.3 Å². The van der Waals surface area contributed by atoms with Crippen LogP contribution in [0.2, 0.25) is 0 Å². The van der Waals surface area contributed by atoms with Crippen molar-refractivity contribution in [1.82, 2.24) is 20.1 Å². The van der Waals surface area contributed by atoms with Crippen molar-refractivity contribution in [3.63, 3.8) is 0 Å². The van der Waals surface area contributed by atoms with Crippen molar-refractivity contribution < 1.29 is 9.47 Å². The van der Waals surface area contributed by atoms with Gasteiger partial charge in [-0.2, -0.15) is 5.10 Å². The molecule has 2 saturated heterocycles. The molecular formula is C23H28N4O2. The van der Waals surface area contributed by atoms with E-state index in [0.29, 0.717) is 24.4 Å². The maximum absolute atomic E-state index is 6.06. The zero-order valence-electron chi connectivity index (χ0n) is 16.7. The molecule has 0 atom stereocenters. The van der Waals surface area contributed by atoms with Gasteiger partial charge in [0.15, 0.2) is 0 Å². The maximum atomic E-state index is 6.06. The fourth-order valence-electron chi connectivity index (χ4n) is 4.41. The van der Waals surface area contributed by atoms with Gasteiger partial charge in [-0.3, -0.25) is 4.68 Å². The number of rotatable bonds is 5. The number of fused-ring (bicyclic) bond motifs is 1. The van der Waals surface area contributed by atoms with E-state index >= 15 is 0 Å². The molecule has 6 nitrogen and oxygen atoms in total. The number of piperidine rings is 1. The minimum Gasteiger partial charge on any atom is -0.473 e. The molecule has 29 heavy (non-hydrogen) atoms. The van der Waals surface area contributed by atoms with Gasteiger partial charge in [0.25, 0.3) is 0 Å². The Balaban J connectivity index is 1.30. The van der Waals surface area contributed by atoms with Gasteiger partial charge in [-0.05, 0) is 56.5 Å². The highest BCUT2D eigenvalue weighted by Crippen LogP contribution is 2.27. The summed E-state index contributed by atoms with van der Waals surface area (Å²) >= 11 is 0. The first kappa shape index (κ1) is 18.6. The highest BCUT2D eigenvalue weighted by atomic mass is 16.5. The summed E-state index contributed by atoms with van der Waals surface area (Å²) in [6, 6.07) is 13.0. The molecule has 1 aromatic carbocycles. The van der Waals surface area contributed by atoms with Crippen LogP contribution >= 0.6 is 0 Å². The molecule has 3 aromatic rings. The van der Waals surface area contributed by atoms with Crippen LogP contribution in [0, 0.1) is 0 Å². The highest BCUT2D eigenvalue weighted by molar-refractivity contribution is 5.79. The Morgan fingerprint density at radius 3 is 2.79 bits per heavy atom. The van der Waals surface area contributed by atoms with Crippen molar-refractivity contribution in [3.05, 3.63) is 53.9 Å². The van der Waals surface area contributed by atoms with Crippen LogP contribution in [0.3, 0.4) is 0 Å². The molecule has 0 saturated carbocycles. The van der Waals surface area contributed by atoms with Crippen LogP contribution in [-0.4, -0.2) is 41.1 Å². The molecule has 0 aliphatic carbocycles. The first-order valence-corrected chi connectivity index (χ1v) is 10.7. The van der Waals surface area contributed by atoms with Gasteiger partial charge in [0.1, 0.15) is 6.61 Å². The summed E-state index contributed by atoms with van der Waals surface area (Å²) in [4.78, 5) is 4.77. The minimum absolute atomic E-state index is 0.417. The second-order valence-electron chi connectivity index (χ2n) is 8.04. The van der Waals surface area contributed by atoms with E-state index in [9.17, 15) is 0 Å². The monoisotopic (exact) mass is 392 g/mol. The summed E-state index contributed by atoms with van der Waals surface area (Å²) in [6.07, 6.45) is 6.28. The topological polar surface area (TPSA) is 61.2 Å². The molecule has 2 aliphatic heterocycles. The second kappa shape index (κ2) is 8.51. The van der Waals surface area contributed by atoms with E-state index in [2.05, 4.69) is 45.4 Å². The lowest BCUT2D eigenvalue weighted by Gasteiger charge is -2.23. The van der Waals surface area contributed by atoms with E-state index in [1.165, 1.54) is 10.9 Å². The maximum Gasteiger partial charge on any atom is 0.213 e. The third kappa shape index (κ3) is 4.14. The molecule has 2 aromatic heterocycles. The summed E-state index contributed by atoms with van der Waals surface area (Å²) in [7, 11) is 0. The van der Waals surface area contributed by atoms with Gasteiger partial charge in [-0.25, -0.2) is 4.98 Å². The molecule has 2 fully saturated rings. The average Bonchev–Trinajstić information content (AvgIpc) is 3.22. The van der Waals surface area contributed by atoms with Crippen molar-refractivity contribution in [3.8, 4) is 5.88 Å². The number of nitrogens with one attached hydrogen (secondary N) is 1. The average molecular weight is 393 g/mol. The molecule has 152 valence electrons. The number of nitrogens with zero attached hydrogens (tertiary/aromatic N) is 3. The predicted octanol–water partition coefficient (Wildman–Crippen LogP) is 3.83. The Morgan fingerprint density at radius 2 is 1.93 bits per heavy atom. The van der Waals surface area contributed by atoms with E-state index in [4.69, 9.17) is 14.5 Å². The van der Waals surface area contributed by atoms with Crippen LogP contribution in [0.1, 0.15) is 48.9 Å². The molecule has 2 aliphatic rings. The fourth-order valence-corrected chi connectivity index (χ4v) is 4.41. The molecule has 0 radical (unpaired) electrons. The van der Waals surface area contributed by atoms with Crippen molar-refractivity contribution >= 4 is 10.9 Å². The van der Waals surface area contributed by atoms with Gasteiger partial charge in [0.2, 0.25) is 5.88 Å². The standard InChI is InChI=1S/C23H28N4O2/c1-2-21(18-6-10-24-11-7-18)26-23(3-1)29-16-17-4-5-19-15-25-27(22(19)14-17)20-8-12-28-13-9-20/h1-5,14-15,18,20,24H,6-13,16H2. The SMILES string of the molecule is c1cc(OCc2ccc3cnn(C4CCOCC4)c3c2)nc(C2CCNCC2)c1. The van der Waals surface area contributed by atoms with Crippen LogP contribution in [0.4, 0.5) is 0 Å². The zero-order chi connectivity index (χ0) is 19.5. The van der Waals surface area contributed by atoms with Crippen molar-refractivity contribution in [2.24, 2.45) is 0 Å². The number of pyridine rings is 1. The molecular weight excluding hydrogens is 364 g/mol. The fraction of sp³-hybridized carbons (Fsp3) is 0.478. The summed E-state index contributed by atoms with van der Waals surface area (Å²) in [6.45, 7) is 4.27. The summed E-state index contributed by atoms with van der Waals surface area (Å²) in [5.41, 5.74) is 3.46. The van der Waals surface area contributed by atoms with Crippen LogP contribution in [0.25, 0.3) is 10.9 Å². The summed E-state index contributed by atoms with van der Waals surface area (Å²) < 4.78 is 13.7. The van der Waals surface area contributed by atoms with E-state index < -0.39 is 0 Å². The van der Waals surface area contributed by atoms with Crippen molar-refractivity contribution in [2.45, 2.75) is 44.2 Å². The van der Waals surface area contributed by atoms with Crippen LogP contribution in [0.5, 0.6) is 5.88 Å². The lowest BCUT2D eigenvalue weighted by Crippen LogP contribution is -2.27. The Kier molecular flexibility index (Phi) is 5.45. The Bertz CT molecular complexity index is 958. The van der Waals surface area contributed by atoms with E-state index in [-0.39, 0.29) is 0 Å². The number of hydrogen-bond acceptors (Lipinski definition) is 5.